The van der Waals surface area contributed by atoms with Gasteiger partial charge in [0.1, 0.15) is 5.82 Å². The summed E-state index contributed by atoms with van der Waals surface area (Å²) in [5.74, 6) is 0.378. The van der Waals surface area contributed by atoms with Gasteiger partial charge in [-0.1, -0.05) is 51.1 Å². The van der Waals surface area contributed by atoms with E-state index in [-0.39, 0.29) is 10.3 Å². The first-order valence-corrected chi connectivity index (χ1v) is 11.2. The van der Waals surface area contributed by atoms with E-state index in [2.05, 4.69) is 35.6 Å². The minimum absolute atomic E-state index is 0.0478. The molecule has 0 radical (unpaired) electrons. The van der Waals surface area contributed by atoms with Crippen LogP contribution in [0.25, 0.3) is 16.6 Å². The number of aryl methyl sites for hydroxylation is 1. The van der Waals surface area contributed by atoms with Crippen LogP contribution in [0, 0.1) is 6.92 Å². The van der Waals surface area contributed by atoms with Gasteiger partial charge < -0.3 is 0 Å². The molecule has 7 heteroatoms. The summed E-state index contributed by atoms with van der Waals surface area (Å²) in [6.45, 7) is 8.11. The number of rotatable bonds is 4. The number of fused-ring (bicyclic) bond motifs is 1. The molecule has 154 valence electrons. The van der Waals surface area contributed by atoms with E-state index in [4.69, 9.17) is 0 Å². The van der Waals surface area contributed by atoms with Crippen LogP contribution in [-0.4, -0.2) is 23.2 Å². The molecule has 6 nitrogen and oxygen atoms in total. The van der Waals surface area contributed by atoms with Crippen LogP contribution in [0.2, 0.25) is 0 Å². The van der Waals surface area contributed by atoms with Gasteiger partial charge in [0.2, 0.25) is 0 Å². The SMILES string of the molecule is Cc1cc(NS(=O)(=O)c2ccc(C(C)(C)C)cc2)n(-c2ccnc3ccccc23)n1. The summed E-state index contributed by atoms with van der Waals surface area (Å²) in [5.41, 5.74) is 3.31. The highest BCUT2D eigenvalue weighted by Crippen LogP contribution is 2.27. The number of nitrogens with zero attached hydrogens (tertiary/aromatic N) is 3. The zero-order valence-corrected chi connectivity index (χ0v) is 18.2. The minimum atomic E-state index is -3.77. The average molecular weight is 421 g/mol. The van der Waals surface area contributed by atoms with Crippen LogP contribution >= 0.6 is 0 Å². The van der Waals surface area contributed by atoms with Gasteiger partial charge in [-0.3, -0.25) is 9.71 Å². The maximum atomic E-state index is 13.1. The first-order valence-electron chi connectivity index (χ1n) is 9.69. The van der Waals surface area contributed by atoms with Gasteiger partial charge in [-0.2, -0.15) is 5.10 Å². The highest BCUT2D eigenvalue weighted by atomic mass is 32.2. The lowest BCUT2D eigenvalue weighted by molar-refractivity contribution is 0.587. The monoisotopic (exact) mass is 420 g/mol. The molecule has 1 N–H and O–H groups in total. The second-order valence-electron chi connectivity index (χ2n) is 8.31. The van der Waals surface area contributed by atoms with E-state index in [9.17, 15) is 8.42 Å². The first kappa shape index (κ1) is 20.1. The molecule has 0 saturated carbocycles. The van der Waals surface area contributed by atoms with E-state index in [1.54, 1.807) is 29.1 Å². The fraction of sp³-hybridized carbons (Fsp3) is 0.217. The molecule has 0 bridgehead atoms. The van der Waals surface area contributed by atoms with Crippen molar-refractivity contribution in [2.24, 2.45) is 0 Å². The molecule has 2 heterocycles. The fourth-order valence-electron chi connectivity index (χ4n) is 3.35. The Morgan fingerprint density at radius 1 is 0.967 bits per heavy atom. The molecule has 2 aromatic heterocycles. The van der Waals surface area contributed by atoms with Crippen molar-refractivity contribution >= 4 is 26.7 Å². The van der Waals surface area contributed by atoms with Gasteiger partial charge in [-0.05, 0) is 42.2 Å². The number of nitrogens with one attached hydrogen (secondary N) is 1. The van der Waals surface area contributed by atoms with Crippen molar-refractivity contribution in [2.75, 3.05) is 4.72 Å². The Morgan fingerprint density at radius 2 is 1.67 bits per heavy atom. The summed E-state index contributed by atoms with van der Waals surface area (Å²) < 4.78 is 30.4. The van der Waals surface area contributed by atoms with E-state index >= 15 is 0 Å². The minimum Gasteiger partial charge on any atom is -0.263 e. The van der Waals surface area contributed by atoms with Crippen molar-refractivity contribution in [3.05, 3.63) is 78.1 Å². The molecule has 0 aliphatic carbocycles. The Kier molecular flexibility index (Phi) is 4.86. The van der Waals surface area contributed by atoms with Gasteiger partial charge >= 0.3 is 0 Å². The second-order valence-corrected chi connectivity index (χ2v) is 9.99. The maximum absolute atomic E-state index is 13.1. The normalized spacial score (nSPS) is 12.3. The summed E-state index contributed by atoms with van der Waals surface area (Å²) in [4.78, 5) is 4.58. The number of pyridine rings is 1. The fourth-order valence-corrected chi connectivity index (χ4v) is 4.38. The summed E-state index contributed by atoms with van der Waals surface area (Å²) >= 11 is 0. The molecule has 0 fully saturated rings. The van der Waals surface area contributed by atoms with Crippen molar-refractivity contribution in [3.63, 3.8) is 0 Å². The first-order chi connectivity index (χ1) is 14.1. The standard InChI is InChI=1S/C23H24N4O2S/c1-16-15-22(26-30(28,29)18-11-9-17(10-12-18)23(2,3)4)27(25-16)21-13-14-24-20-8-6-5-7-19(20)21/h5-15,26H,1-4H3. The quantitative estimate of drug-likeness (QED) is 0.513. The zero-order valence-electron chi connectivity index (χ0n) is 17.4. The van der Waals surface area contributed by atoms with Crippen LogP contribution in [-0.2, 0) is 15.4 Å². The molecule has 0 unspecified atom stereocenters. The van der Waals surface area contributed by atoms with Crippen LogP contribution in [0.3, 0.4) is 0 Å². The number of anilines is 1. The molecular formula is C23H24N4O2S. The van der Waals surface area contributed by atoms with Gasteiger partial charge in [0, 0.05) is 17.6 Å². The predicted molar refractivity (Wildman–Crippen MR) is 120 cm³/mol. The van der Waals surface area contributed by atoms with E-state index in [0.29, 0.717) is 11.5 Å². The molecule has 0 amide bonds. The third kappa shape index (κ3) is 3.80. The third-order valence-corrected chi connectivity index (χ3v) is 6.33. The lowest BCUT2D eigenvalue weighted by Gasteiger charge is -2.19. The Morgan fingerprint density at radius 3 is 2.37 bits per heavy atom. The van der Waals surface area contributed by atoms with Crippen LogP contribution in [0.5, 0.6) is 0 Å². The van der Waals surface area contributed by atoms with Crippen molar-refractivity contribution in [3.8, 4) is 5.69 Å². The number of aromatic nitrogens is 3. The van der Waals surface area contributed by atoms with Crippen molar-refractivity contribution < 1.29 is 8.42 Å². The third-order valence-electron chi connectivity index (χ3n) is 4.96. The van der Waals surface area contributed by atoms with E-state index in [0.717, 1.165) is 22.2 Å². The van der Waals surface area contributed by atoms with Crippen molar-refractivity contribution in [1.29, 1.82) is 0 Å². The Bertz CT molecular complexity index is 1310. The van der Waals surface area contributed by atoms with E-state index in [1.807, 2.05) is 49.4 Å². The van der Waals surface area contributed by atoms with Crippen LogP contribution in [0.1, 0.15) is 32.0 Å². The maximum Gasteiger partial charge on any atom is 0.263 e. The molecule has 0 aliphatic rings. The highest BCUT2D eigenvalue weighted by molar-refractivity contribution is 7.92. The molecule has 4 rings (SSSR count). The largest absolute Gasteiger partial charge is 0.263 e. The smallest absolute Gasteiger partial charge is 0.263 e. The summed E-state index contributed by atoms with van der Waals surface area (Å²) in [6, 6.07) is 18.2. The summed E-state index contributed by atoms with van der Waals surface area (Å²) in [5, 5.41) is 5.40. The van der Waals surface area contributed by atoms with Gasteiger partial charge in [0.05, 0.1) is 21.8 Å². The number of benzene rings is 2. The zero-order chi connectivity index (χ0) is 21.5. The van der Waals surface area contributed by atoms with Crippen molar-refractivity contribution in [2.45, 2.75) is 38.0 Å². The van der Waals surface area contributed by atoms with Crippen molar-refractivity contribution in [1.82, 2.24) is 14.8 Å². The lowest BCUT2D eigenvalue weighted by Crippen LogP contribution is -2.17. The molecule has 0 spiro atoms. The lowest BCUT2D eigenvalue weighted by atomic mass is 9.87. The van der Waals surface area contributed by atoms with Gasteiger partial charge in [0.15, 0.2) is 0 Å². The van der Waals surface area contributed by atoms with E-state index < -0.39 is 10.0 Å². The van der Waals surface area contributed by atoms with Gasteiger partial charge in [0.25, 0.3) is 10.0 Å². The van der Waals surface area contributed by atoms with Gasteiger partial charge in [-0.25, -0.2) is 13.1 Å². The molecular weight excluding hydrogens is 396 g/mol. The highest BCUT2D eigenvalue weighted by Gasteiger charge is 2.20. The molecule has 0 atom stereocenters. The molecule has 0 aliphatic heterocycles. The Hall–Kier alpha value is -3.19. The van der Waals surface area contributed by atoms with Gasteiger partial charge in [-0.15, -0.1) is 0 Å². The Labute approximate surface area is 176 Å². The number of hydrogen-bond acceptors (Lipinski definition) is 4. The van der Waals surface area contributed by atoms with Crippen LogP contribution in [0.4, 0.5) is 5.82 Å². The molecule has 0 saturated heterocycles. The topological polar surface area (TPSA) is 76.9 Å². The number of sulfonamides is 1. The summed E-state index contributed by atoms with van der Waals surface area (Å²) in [7, 11) is -3.77. The molecule has 2 aromatic carbocycles. The number of hydrogen-bond donors (Lipinski definition) is 1. The van der Waals surface area contributed by atoms with E-state index in [1.165, 1.54) is 0 Å². The Balaban J connectivity index is 1.74. The van der Waals surface area contributed by atoms with Crippen LogP contribution in [0.15, 0.2) is 71.8 Å². The summed E-state index contributed by atoms with van der Waals surface area (Å²) in [6.07, 6.45) is 1.69. The molecule has 30 heavy (non-hydrogen) atoms. The average Bonchev–Trinajstić information content (AvgIpc) is 3.06. The predicted octanol–water partition coefficient (Wildman–Crippen LogP) is 4.83. The second kappa shape index (κ2) is 7.25. The molecule has 4 aromatic rings. The number of para-hydroxylation sites is 1. The van der Waals surface area contributed by atoms with Crippen LogP contribution < -0.4 is 4.72 Å².